The molecule has 0 saturated carbocycles. The van der Waals surface area contributed by atoms with Gasteiger partial charge in [-0.25, -0.2) is 8.78 Å². The van der Waals surface area contributed by atoms with E-state index in [0.717, 1.165) is 29.0 Å². The minimum atomic E-state index is -0.927. The fourth-order valence-electron chi connectivity index (χ4n) is 3.22. The summed E-state index contributed by atoms with van der Waals surface area (Å²) < 4.78 is 37.7. The molecular weight excluding hydrogens is 352 g/mol. The fraction of sp³-hybridized carbons (Fsp3) is 0.381. The molecule has 1 aliphatic heterocycles. The zero-order valence-electron chi connectivity index (χ0n) is 15.5. The highest BCUT2D eigenvalue weighted by Crippen LogP contribution is 2.23. The van der Waals surface area contributed by atoms with E-state index in [1.165, 1.54) is 6.07 Å². The summed E-state index contributed by atoms with van der Waals surface area (Å²) in [6.45, 7) is 4.99. The Balaban J connectivity index is 1.48. The van der Waals surface area contributed by atoms with Crippen LogP contribution in [-0.4, -0.2) is 36.6 Å². The van der Waals surface area contributed by atoms with Gasteiger partial charge in [0, 0.05) is 32.0 Å². The first-order valence-corrected chi connectivity index (χ1v) is 9.02. The van der Waals surface area contributed by atoms with Crippen LogP contribution < -0.4 is 9.47 Å². The van der Waals surface area contributed by atoms with Crippen LogP contribution in [0.5, 0.6) is 11.5 Å². The van der Waals surface area contributed by atoms with Crippen LogP contribution in [0.2, 0.25) is 0 Å². The second-order valence-electron chi connectivity index (χ2n) is 6.78. The van der Waals surface area contributed by atoms with Crippen molar-refractivity contribution < 1.29 is 23.0 Å². The summed E-state index contributed by atoms with van der Waals surface area (Å²) in [6.07, 6.45) is 1.14. The highest BCUT2D eigenvalue weighted by atomic mass is 19.2. The minimum Gasteiger partial charge on any atom is -0.490 e. The number of halogens is 2. The number of likely N-dealkylation sites (tertiary alicyclic amines) is 1. The third-order valence-electron chi connectivity index (χ3n) is 4.74. The van der Waals surface area contributed by atoms with Gasteiger partial charge < -0.3 is 14.4 Å². The fourth-order valence-corrected chi connectivity index (χ4v) is 3.22. The van der Waals surface area contributed by atoms with Crippen LogP contribution in [0.3, 0.4) is 0 Å². The zero-order chi connectivity index (χ0) is 19.4. The van der Waals surface area contributed by atoms with Crippen LogP contribution in [0.1, 0.15) is 24.0 Å². The van der Waals surface area contributed by atoms with Gasteiger partial charge in [0.05, 0.1) is 0 Å². The summed E-state index contributed by atoms with van der Waals surface area (Å²) in [6, 6.07) is 9.37. The largest absolute Gasteiger partial charge is 0.490 e. The average Bonchev–Trinajstić information content (AvgIpc) is 2.65. The van der Waals surface area contributed by atoms with Gasteiger partial charge in [0.1, 0.15) is 17.6 Å². The number of amides is 1. The van der Waals surface area contributed by atoms with E-state index in [0.29, 0.717) is 31.7 Å². The maximum Gasteiger partial charge on any atom is 0.260 e. The quantitative estimate of drug-likeness (QED) is 0.792. The van der Waals surface area contributed by atoms with Crippen molar-refractivity contribution in [3.05, 3.63) is 59.2 Å². The molecule has 3 rings (SSSR count). The van der Waals surface area contributed by atoms with E-state index < -0.39 is 11.6 Å². The number of hydrogen-bond acceptors (Lipinski definition) is 3. The van der Waals surface area contributed by atoms with E-state index in [1.807, 2.05) is 32.0 Å². The Morgan fingerprint density at radius 1 is 1.07 bits per heavy atom. The summed E-state index contributed by atoms with van der Waals surface area (Å²) in [5, 5.41) is 0. The first-order valence-electron chi connectivity index (χ1n) is 9.02. The van der Waals surface area contributed by atoms with Crippen molar-refractivity contribution in [2.75, 3.05) is 19.7 Å². The van der Waals surface area contributed by atoms with Gasteiger partial charge in [-0.2, -0.15) is 0 Å². The van der Waals surface area contributed by atoms with Gasteiger partial charge in [-0.3, -0.25) is 4.79 Å². The number of benzene rings is 2. The van der Waals surface area contributed by atoms with Gasteiger partial charge in [0.15, 0.2) is 18.2 Å². The molecule has 0 spiro atoms. The van der Waals surface area contributed by atoms with Crippen molar-refractivity contribution in [2.24, 2.45) is 0 Å². The molecule has 27 heavy (non-hydrogen) atoms. The predicted molar refractivity (Wildman–Crippen MR) is 98.0 cm³/mol. The van der Waals surface area contributed by atoms with Crippen molar-refractivity contribution in [1.29, 1.82) is 0 Å². The lowest BCUT2D eigenvalue weighted by Crippen LogP contribution is -2.43. The monoisotopic (exact) mass is 375 g/mol. The Hall–Kier alpha value is -2.63. The van der Waals surface area contributed by atoms with Gasteiger partial charge in [0.25, 0.3) is 5.91 Å². The number of para-hydroxylation sites is 1. The van der Waals surface area contributed by atoms with Gasteiger partial charge >= 0.3 is 0 Å². The van der Waals surface area contributed by atoms with Gasteiger partial charge in [-0.15, -0.1) is 0 Å². The summed E-state index contributed by atoms with van der Waals surface area (Å²) in [5.74, 6) is -0.834. The van der Waals surface area contributed by atoms with Crippen LogP contribution >= 0.6 is 0 Å². The first kappa shape index (κ1) is 19.1. The van der Waals surface area contributed by atoms with E-state index >= 15 is 0 Å². The lowest BCUT2D eigenvalue weighted by atomic mass is 10.1. The Morgan fingerprint density at radius 3 is 2.37 bits per heavy atom. The smallest absolute Gasteiger partial charge is 0.260 e. The molecule has 0 unspecified atom stereocenters. The second-order valence-corrected chi connectivity index (χ2v) is 6.78. The molecule has 1 fully saturated rings. The molecule has 1 aliphatic rings. The molecule has 2 aromatic carbocycles. The number of rotatable bonds is 5. The number of aryl methyl sites for hydroxylation is 2. The molecule has 1 amide bonds. The number of nitrogens with zero attached hydrogens (tertiary/aromatic N) is 1. The van der Waals surface area contributed by atoms with Crippen LogP contribution in [0.25, 0.3) is 0 Å². The molecule has 0 atom stereocenters. The van der Waals surface area contributed by atoms with Gasteiger partial charge in [-0.1, -0.05) is 18.2 Å². The summed E-state index contributed by atoms with van der Waals surface area (Å²) >= 11 is 0. The topological polar surface area (TPSA) is 38.8 Å². The Kier molecular flexibility index (Phi) is 5.94. The number of ether oxygens (including phenoxy) is 2. The lowest BCUT2D eigenvalue weighted by Gasteiger charge is -2.32. The molecule has 0 N–H and O–H groups in total. The summed E-state index contributed by atoms with van der Waals surface area (Å²) in [4.78, 5) is 14.2. The van der Waals surface area contributed by atoms with E-state index in [4.69, 9.17) is 9.47 Å². The highest BCUT2D eigenvalue weighted by Gasteiger charge is 2.24. The van der Waals surface area contributed by atoms with Crippen molar-refractivity contribution in [2.45, 2.75) is 32.8 Å². The Labute approximate surface area is 157 Å². The van der Waals surface area contributed by atoms with Crippen molar-refractivity contribution in [3.8, 4) is 11.5 Å². The van der Waals surface area contributed by atoms with E-state index in [1.54, 1.807) is 4.90 Å². The molecule has 1 heterocycles. The second kappa shape index (κ2) is 8.37. The Bertz CT molecular complexity index is 797. The molecule has 0 aromatic heterocycles. The third kappa shape index (κ3) is 4.76. The number of piperidine rings is 1. The SMILES string of the molecule is Cc1cccc(C)c1OCC(=O)N1CCC(Oc2ccc(F)c(F)c2)CC1. The highest BCUT2D eigenvalue weighted by molar-refractivity contribution is 5.78. The molecule has 6 heteroatoms. The summed E-state index contributed by atoms with van der Waals surface area (Å²) in [7, 11) is 0. The summed E-state index contributed by atoms with van der Waals surface area (Å²) in [5.41, 5.74) is 2.00. The molecule has 4 nitrogen and oxygen atoms in total. The van der Waals surface area contributed by atoms with Gasteiger partial charge in [-0.05, 0) is 37.1 Å². The zero-order valence-corrected chi connectivity index (χ0v) is 15.5. The lowest BCUT2D eigenvalue weighted by molar-refractivity contribution is -0.135. The van der Waals surface area contributed by atoms with Crippen molar-refractivity contribution >= 4 is 5.91 Å². The van der Waals surface area contributed by atoms with E-state index in [-0.39, 0.29) is 18.6 Å². The van der Waals surface area contributed by atoms with Crippen LogP contribution in [0, 0.1) is 25.5 Å². The van der Waals surface area contributed by atoms with Crippen LogP contribution in [-0.2, 0) is 4.79 Å². The maximum absolute atomic E-state index is 13.3. The molecule has 2 aromatic rings. The first-order chi connectivity index (χ1) is 12.9. The minimum absolute atomic E-state index is 0.000387. The van der Waals surface area contributed by atoms with Crippen LogP contribution in [0.4, 0.5) is 8.78 Å². The molecule has 0 radical (unpaired) electrons. The molecule has 0 aliphatic carbocycles. The van der Waals surface area contributed by atoms with E-state index in [2.05, 4.69) is 0 Å². The molecule has 0 bridgehead atoms. The molecule has 1 saturated heterocycles. The third-order valence-corrected chi connectivity index (χ3v) is 4.74. The van der Waals surface area contributed by atoms with Crippen LogP contribution in [0.15, 0.2) is 36.4 Å². The number of carbonyl (C=O) groups excluding carboxylic acids is 1. The number of hydrogen-bond donors (Lipinski definition) is 0. The van der Waals surface area contributed by atoms with Crippen molar-refractivity contribution in [1.82, 2.24) is 4.90 Å². The maximum atomic E-state index is 13.3. The van der Waals surface area contributed by atoms with Crippen molar-refractivity contribution in [3.63, 3.8) is 0 Å². The Morgan fingerprint density at radius 2 is 1.74 bits per heavy atom. The molecular formula is C21H23F2NO3. The normalized spacial score (nSPS) is 14.9. The standard InChI is InChI=1S/C21H23F2NO3/c1-14-4-3-5-15(2)21(14)26-13-20(25)24-10-8-16(9-11-24)27-17-6-7-18(22)19(23)12-17/h3-7,12,16H,8-11,13H2,1-2H3. The van der Waals surface area contributed by atoms with Gasteiger partial charge in [0.2, 0.25) is 0 Å². The predicted octanol–water partition coefficient (Wildman–Crippen LogP) is 4.03. The average molecular weight is 375 g/mol. The molecule has 144 valence electrons. The number of carbonyl (C=O) groups is 1. The van der Waals surface area contributed by atoms with E-state index in [9.17, 15) is 13.6 Å².